The topological polar surface area (TPSA) is 102 Å². The molecule has 1 aromatic rings. The maximum absolute atomic E-state index is 11.9. The summed E-state index contributed by atoms with van der Waals surface area (Å²) in [5.41, 5.74) is 1.32. The smallest absolute Gasteiger partial charge is 0.222 e. The monoisotopic (exact) mass is 643 g/mol. The van der Waals surface area contributed by atoms with Crippen LogP contribution in [0.2, 0.25) is 0 Å². The van der Waals surface area contributed by atoms with E-state index >= 15 is 0 Å². The number of nitrogens with one attached hydrogen (secondary N) is 2. The molecule has 8 nitrogen and oxygen atoms in total. The van der Waals surface area contributed by atoms with E-state index < -0.39 is 0 Å². The molecule has 1 aromatic carbocycles. The van der Waals surface area contributed by atoms with Crippen LogP contribution in [-0.4, -0.2) is 85.0 Å². The zero-order chi connectivity index (χ0) is 34.6. The van der Waals surface area contributed by atoms with Gasteiger partial charge in [-0.05, 0) is 51.6 Å². The zero-order valence-corrected chi connectivity index (χ0v) is 29.9. The molecule has 0 aliphatic heterocycles. The molecule has 0 spiro atoms. The molecule has 3 rings (SSSR count). The molecule has 2 saturated carbocycles. The van der Waals surface area contributed by atoms with E-state index in [1.165, 1.54) is 50.5 Å². The van der Waals surface area contributed by atoms with E-state index in [4.69, 9.17) is 6.42 Å². The first-order valence-electron chi connectivity index (χ1n) is 17.6. The molecule has 46 heavy (non-hydrogen) atoms. The van der Waals surface area contributed by atoms with E-state index in [2.05, 4.69) is 61.3 Å². The minimum atomic E-state index is -0.346. The van der Waals surface area contributed by atoms with Crippen LogP contribution in [0.15, 0.2) is 30.3 Å². The lowest BCUT2D eigenvalue weighted by Gasteiger charge is -2.23. The summed E-state index contributed by atoms with van der Waals surface area (Å²) in [4.78, 5) is 37.4. The van der Waals surface area contributed by atoms with Gasteiger partial charge in [0.1, 0.15) is 0 Å². The SMILES string of the molecule is C#CC[C@@H](C)NC(=O)CCC(=O)N(C)CCN(CC)CC.CC1CCCCC1.Cc1ccccc1.O=CNC[C@@H](O)CCC1CC1. The van der Waals surface area contributed by atoms with Gasteiger partial charge in [0.25, 0.3) is 0 Å². The highest BCUT2D eigenvalue weighted by Gasteiger charge is 2.21. The van der Waals surface area contributed by atoms with Crippen molar-refractivity contribution in [3.63, 3.8) is 0 Å². The van der Waals surface area contributed by atoms with Crippen LogP contribution < -0.4 is 10.6 Å². The van der Waals surface area contributed by atoms with Gasteiger partial charge in [-0.3, -0.25) is 14.4 Å². The fraction of sp³-hybridized carbons (Fsp3) is 0.711. The van der Waals surface area contributed by atoms with Crippen molar-refractivity contribution in [2.75, 3.05) is 39.8 Å². The number of rotatable bonds is 16. The van der Waals surface area contributed by atoms with E-state index in [1.54, 1.807) is 11.9 Å². The average molecular weight is 643 g/mol. The van der Waals surface area contributed by atoms with E-state index in [0.717, 1.165) is 44.3 Å². The minimum absolute atomic E-state index is 0.00177. The molecule has 2 atom stereocenters. The van der Waals surface area contributed by atoms with Gasteiger partial charge in [0, 0.05) is 52.0 Å². The molecule has 0 unspecified atom stereocenters. The van der Waals surface area contributed by atoms with E-state index in [9.17, 15) is 19.5 Å². The van der Waals surface area contributed by atoms with Crippen molar-refractivity contribution in [1.29, 1.82) is 0 Å². The Morgan fingerprint density at radius 1 is 1.04 bits per heavy atom. The number of carbonyl (C=O) groups excluding carboxylic acids is 3. The minimum Gasteiger partial charge on any atom is -0.391 e. The highest BCUT2D eigenvalue weighted by molar-refractivity contribution is 5.83. The molecule has 3 amide bonds. The Hall–Kier alpha value is -2.89. The van der Waals surface area contributed by atoms with Crippen molar-refractivity contribution in [1.82, 2.24) is 20.4 Å². The first-order valence-corrected chi connectivity index (χ1v) is 17.6. The predicted octanol–water partition coefficient (Wildman–Crippen LogP) is 5.96. The summed E-state index contributed by atoms with van der Waals surface area (Å²) in [6, 6.07) is 10.2. The van der Waals surface area contributed by atoms with Gasteiger partial charge in [-0.2, -0.15) is 0 Å². The predicted molar refractivity (Wildman–Crippen MR) is 191 cm³/mol. The third-order valence-corrected chi connectivity index (χ3v) is 8.35. The number of hydrogen-bond donors (Lipinski definition) is 3. The molecule has 0 saturated heterocycles. The maximum atomic E-state index is 11.9. The Bertz CT molecular complexity index is 938. The van der Waals surface area contributed by atoms with Gasteiger partial charge in [-0.25, -0.2) is 0 Å². The quantitative estimate of drug-likeness (QED) is 0.153. The summed E-state index contributed by atoms with van der Waals surface area (Å²) in [5, 5.41) is 14.5. The van der Waals surface area contributed by atoms with Crippen LogP contribution in [-0.2, 0) is 14.4 Å². The van der Waals surface area contributed by atoms with Crippen molar-refractivity contribution in [3.05, 3.63) is 35.9 Å². The second-order valence-electron chi connectivity index (χ2n) is 12.8. The number of likely N-dealkylation sites (N-methyl/N-ethyl adjacent to an activating group) is 2. The number of benzene rings is 1. The fourth-order valence-corrected chi connectivity index (χ4v) is 4.90. The Balaban J connectivity index is 0.000000663. The van der Waals surface area contributed by atoms with E-state index in [1.807, 2.05) is 25.1 Å². The van der Waals surface area contributed by atoms with Gasteiger partial charge in [-0.15, -0.1) is 12.3 Å². The van der Waals surface area contributed by atoms with Crippen LogP contribution in [0.5, 0.6) is 0 Å². The Morgan fingerprint density at radius 2 is 1.67 bits per heavy atom. The zero-order valence-electron chi connectivity index (χ0n) is 29.9. The summed E-state index contributed by atoms with van der Waals surface area (Å²) in [6.45, 7) is 14.4. The van der Waals surface area contributed by atoms with Gasteiger partial charge >= 0.3 is 0 Å². The molecule has 3 N–H and O–H groups in total. The Morgan fingerprint density at radius 3 is 2.13 bits per heavy atom. The van der Waals surface area contributed by atoms with Gasteiger partial charge < -0.3 is 25.5 Å². The van der Waals surface area contributed by atoms with Crippen LogP contribution >= 0.6 is 0 Å². The van der Waals surface area contributed by atoms with Crippen molar-refractivity contribution < 1.29 is 19.5 Å². The number of hydrogen-bond acceptors (Lipinski definition) is 5. The molecule has 0 radical (unpaired) electrons. The lowest BCUT2D eigenvalue weighted by Crippen LogP contribution is -2.37. The lowest BCUT2D eigenvalue weighted by molar-refractivity contribution is -0.132. The fourth-order valence-electron chi connectivity index (χ4n) is 4.90. The lowest BCUT2D eigenvalue weighted by atomic mass is 9.91. The molecule has 2 fully saturated rings. The van der Waals surface area contributed by atoms with Crippen LogP contribution in [0.3, 0.4) is 0 Å². The molecule has 2 aliphatic carbocycles. The van der Waals surface area contributed by atoms with E-state index in [0.29, 0.717) is 25.9 Å². The number of nitrogens with zero attached hydrogens (tertiary/aromatic N) is 2. The first kappa shape index (κ1) is 43.1. The van der Waals surface area contributed by atoms with Crippen LogP contribution in [0, 0.1) is 31.1 Å². The number of aliphatic hydroxyl groups excluding tert-OH is 1. The van der Waals surface area contributed by atoms with Gasteiger partial charge in [0.05, 0.1) is 6.10 Å². The summed E-state index contributed by atoms with van der Waals surface area (Å²) in [5.74, 6) is 4.28. The van der Waals surface area contributed by atoms with Crippen molar-refractivity contribution in [3.8, 4) is 12.3 Å². The summed E-state index contributed by atoms with van der Waals surface area (Å²) < 4.78 is 0. The number of aliphatic hydroxyl groups is 1. The third kappa shape index (κ3) is 26.3. The van der Waals surface area contributed by atoms with Crippen LogP contribution in [0.1, 0.15) is 110 Å². The summed E-state index contributed by atoms with van der Waals surface area (Å²) in [6.07, 6.45) is 18.4. The highest BCUT2D eigenvalue weighted by atomic mass is 16.3. The van der Waals surface area contributed by atoms with E-state index in [-0.39, 0.29) is 36.8 Å². The third-order valence-electron chi connectivity index (χ3n) is 8.35. The molecular formula is C38H66N4O4. The largest absolute Gasteiger partial charge is 0.391 e. The molecule has 0 heterocycles. The van der Waals surface area contributed by atoms with Gasteiger partial charge in [0.15, 0.2) is 0 Å². The van der Waals surface area contributed by atoms with Crippen LogP contribution in [0.4, 0.5) is 0 Å². The summed E-state index contributed by atoms with van der Waals surface area (Å²) >= 11 is 0. The average Bonchev–Trinajstić information content (AvgIpc) is 3.88. The molecule has 0 bridgehead atoms. The molecule has 8 heteroatoms. The van der Waals surface area contributed by atoms with Crippen LogP contribution in [0.25, 0.3) is 0 Å². The van der Waals surface area contributed by atoms with Crippen molar-refractivity contribution in [2.45, 2.75) is 124 Å². The van der Waals surface area contributed by atoms with Crippen molar-refractivity contribution in [2.24, 2.45) is 11.8 Å². The maximum Gasteiger partial charge on any atom is 0.222 e. The number of carbonyl (C=O) groups is 3. The number of amides is 3. The first-order chi connectivity index (χ1) is 22.1. The van der Waals surface area contributed by atoms with Gasteiger partial charge in [-0.1, -0.05) is 102 Å². The molecular weight excluding hydrogens is 576 g/mol. The molecule has 0 aromatic heterocycles. The van der Waals surface area contributed by atoms with Gasteiger partial charge in [0.2, 0.25) is 18.2 Å². The number of aryl methyl sites for hydroxylation is 1. The highest BCUT2D eigenvalue weighted by Crippen LogP contribution is 2.33. The second kappa shape index (κ2) is 28.3. The number of terminal acetylenes is 1. The molecule has 2 aliphatic rings. The summed E-state index contributed by atoms with van der Waals surface area (Å²) in [7, 11) is 1.78. The Kier molecular flexibility index (Phi) is 26.6. The second-order valence-corrected chi connectivity index (χ2v) is 12.8. The van der Waals surface area contributed by atoms with Crippen molar-refractivity contribution >= 4 is 18.2 Å². The Labute approximate surface area is 281 Å². The standard InChI is InChI=1S/C16H29N3O2.C8H15NO2.C7H14.C7H8/c1-6-9-14(4)17-15(20)10-11-16(21)18(5)12-13-19(7-2)8-3;10-6-9-5-8(11)4-3-7-1-2-7;2*1-7-5-3-2-4-6-7/h1,14H,7-13H2,2-5H3,(H,17,20);6-8,11H,1-5H2,(H,9,10);7H,2-6H2,1H3;2-6H,1H3/t14-;8-;;/m10../s1. The normalized spacial score (nSPS) is 15.2. The molecule has 262 valence electrons.